The van der Waals surface area contributed by atoms with Crippen LogP contribution in [0.25, 0.3) is 0 Å². The third-order valence-corrected chi connectivity index (χ3v) is 5.39. The van der Waals surface area contributed by atoms with Gasteiger partial charge in [0.15, 0.2) is 0 Å². The number of hydrogen-bond donors (Lipinski definition) is 2. The van der Waals surface area contributed by atoms with Gasteiger partial charge in [0.05, 0.1) is 6.10 Å². The lowest BCUT2D eigenvalue weighted by Crippen LogP contribution is -2.65. The summed E-state index contributed by atoms with van der Waals surface area (Å²) in [6.07, 6.45) is 4.48. The number of nitrogens with zero attached hydrogens (tertiary/aromatic N) is 3. The van der Waals surface area contributed by atoms with Crippen molar-refractivity contribution in [2.24, 2.45) is 11.8 Å². The number of likely N-dealkylation sites (tertiary alicyclic amines) is 2. The average molecular weight is 283 g/mol. The Kier molecular flexibility index (Phi) is 4.62. The van der Waals surface area contributed by atoms with Gasteiger partial charge in [0.2, 0.25) is 0 Å². The van der Waals surface area contributed by atoms with Gasteiger partial charge < -0.3 is 15.2 Å². The minimum absolute atomic E-state index is 0.189. The van der Waals surface area contributed by atoms with E-state index in [2.05, 4.69) is 16.8 Å². The van der Waals surface area contributed by atoms with Gasteiger partial charge in [0.25, 0.3) is 0 Å². The fourth-order valence-corrected chi connectivity index (χ4v) is 4.32. The number of β-amino-alcohol motifs (C(OH)–C–C–N with tert-alkyl or cyclic N) is 1. The minimum Gasteiger partial charge on any atom is -0.390 e. The fourth-order valence-electron chi connectivity index (χ4n) is 4.32. The second kappa shape index (κ2) is 6.28. The van der Waals surface area contributed by atoms with Crippen LogP contribution < -0.4 is 0 Å². The minimum atomic E-state index is -0.189. The molecule has 4 atom stereocenters. The zero-order valence-corrected chi connectivity index (χ0v) is 12.6. The molecule has 2 N–H and O–H groups in total. The first-order chi connectivity index (χ1) is 9.63. The van der Waals surface area contributed by atoms with Crippen LogP contribution >= 0.6 is 0 Å². The standard InChI is InChI=1S/C15H29N3O2/c1-16-7-5-12(8-16)9-17-11-14(19)15(17)13-4-2-3-6-18(20)10-13/h12-15,19-20H,2-11H2,1H3. The molecule has 0 amide bonds. The highest BCUT2D eigenvalue weighted by Crippen LogP contribution is 2.32. The predicted molar refractivity (Wildman–Crippen MR) is 77.7 cm³/mol. The third kappa shape index (κ3) is 3.17. The molecule has 3 saturated heterocycles. The molecule has 0 aliphatic carbocycles. The Morgan fingerprint density at radius 3 is 2.60 bits per heavy atom. The normalized spacial score (nSPS) is 41.5. The first-order valence-corrected chi connectivity index (χ1v) is 8.18. The van der Waals surface area contributed by atoms with Gasteiger partial charge in [-0.05, 0) is 44.7 Å². The molecule has 0 aromatic heterocycles. The van der Waals surface area contributed by atoms with Crippen molar-refractivity contribution in [3.05, 3.63) is 0 Å². The average Bonchev–Trinajstić information content (AvgIpc) is 2.67. The van der Waals surface area contributed by atoms with Gasteiger partial charge in [0, 0.05) is 38.8 Å². The van der Waals surface area contributed by atoms with E-state index in [4.69, 9.17) is 0 Å². The van der Waals surface area contributed by atoms with Crippen LogP contribution in [-0.4, -0.2) is 83.6 Å². The Hall–Kier alpha value is -0.200. The number of aliphatic hydroxyl groups is 1. The van der Waals surface area contributed by atoms with E-state index in [-0.39, 0.29) is 12.1 Å². The molecule has 5 heteroatoms. The first-order valence-electron chi connectivity index (χ1n) is 8.18. The zero-order valence-electron chi connectivity index (χ0n) is 12.6. The zero-order chi connectivity index (χ0) is 14.1. The molecule has 20 heavy (non-hydrogen) atoms. The van der Waals surface area contributed by atoms with Crippen molar-refractivity contribution in [2.75, 3.05) is 46.3 Å². The first kappa shape index (κ1) is 14.7. The fraction of sp³-hybridized carbons (Fsp3) is 1.00. The molecule has 116 valence electrons. The van der Waals surface area contributed by atoms with Gasteiger partial charge in [-0.15, -0.1) is 0 Å². The lowest BCUT2D eigenvalue weighted by molar-refractivity contribution is -0.135. The van der Waals surface area contributed by atoms with Crippen molar-refractivity contribution in [1.82, 2.24) is 14.9 Å². The Morgan fingerprint density at radius 2 is 1.90 bits per heavy atom. The summed E-state index contributed by atoms with van der Waals surface area (Å²) in [6.45, 7) is 5.85. The summed E-state index contributed by atoms with van der Waals surface area (Å²) >= 11 is 0. The largest absolute Gasteiger partial charge is 0.390 e. The van der Waals surface area contributed by atoms with Crippen LogP contribution in [0.3, 0.4) is 0 Å². The summed E-state index contributed by atoms with van der Waals surface area (Å²) in [7, 11) is 2.19. The van der Waals surface area contributed by atoms with Gasteiger partial charge in [-0.3, -0.25) is 4.90 Å². The van der Waals surface area contributed by atoms with Gasteiger partial charge in [0.1, 0.15) is 0 Å². The molecule has 4 unspecified atom stereocenters. The van der Waals surface area contributed by atoms with Crippen molar-refractivity contribution in [3.8, 4) is 0 Å². The second-order valence-corrected chi connectivity index (χ2v) is 7.10. The summed E-state index contributed by atoms with van der Waals surface area (Å²) in [6, 6.07) is 0.272. The number of aliphatic hydroxyl groups excluding tert-OH is 1. The molecule has 3 rings (SSSR count). The monoisotopic (exact) mass is 283 g/mol. The molecule has 0 bridgehead atoms. The third-order valence-electron chi connectivity index (χ3n) is 5.39. The molecular formula is C15H29N3O2. The van der Waals surface area contributed by atoms with E-state index in [1.165, 1.54) is 31.0 Å². The maximum absolute atomic E-state index is 10.2. The SMILES string of the molecule is CN1CCC(CN2CC(O)C2C2CCCCN(O)C2)C1. The Bertz CT molecular complexity index is 328. The van der Waals surface area contributed by atoms with Crippen LogP contribution in [0.5, 0.6) is 0 Å². The van der Waals surface area contributed by atoms with Crippen molar-refractivity contribution >= 4 is 0 Å². The molecule has 3 heterocycles. The molecule has 0 radical (unpaired) electrons. The Morgan fingerprint density at radius 1 is 1.05 bits per heavy atom. The van der Waals surface area contributed by atoms with Gasteiger partial charge in [-0.1, -0.05) is 6.42 Å². The Balaban J connectivity index is 1.56. The Labute approximate surface area is 122 Å². The molecule has 0 saturated carbocycles. The van der Waals surface area contributed by atoms with E-state index in [9.17, 15) is 10.3 Å². The highest BCUT2D eigenvalue weighted by molar-refractivity contribution is 4.98. The number of rotatable bonds is 3. The summed E-state index contributed by atoms with van der Waals surface area (Å²) < 4.78 is 0. The van der Waals surface area contributed by atoms with Crippen LogP contribution in [0.15, 0.2) is 0 Å². The van der Waals surface area contributed by atoms with E-state index in [0.29, 0.717) is 5.92 Å². The van der Waals surface area contributed by atoms with Crippen molar-refractivity contribution in [1.29, 1.82) is 0 Å². The number of hydrogen-bond acceptors (Lipinski definition) is 5. The summed E-state index contributed by atoms with van der Waals surface area (Å²) in [5.74, 6) is 1.18. The lowest BCUT2D eigenvalue weighted by Gasteiger charge is -2.50. The van der Waals surface area contributed by atoms with Gasteiger partial charge >= 0.3 is 0 Å². The molecule has 3 aliphatic heterocycles. The summed E-state index contributed by atoms with van der Waals surface area (Å²) in [5.41, 5.74) is 0. The second-order valence-electron chi connectivity index (χ2n) is 7.10. The van der Waals surface area contributed by atoms with E-state index in [1.54, 1.807) is 0 Å². The highest BCUT2D eigenvalue weighted by Gasteiger charge is 2.44. The topological polar surface area (TPSA) is 50.2 Å². The van der Waals surface area contributed by atoms with Crippen molar-refractivity contribution in [3.63, 3.8) is 0 Å². The van der Waals surface area contributed by atoms with E-state index in [1.807, 2.05) is 0 Å². The highest BCUT2D eigenvalue weighted by atomic mass is 16.5. The van der Waals surface area contributed by atoms with Crippen molar-refractivity contribution in [2.45, 2.75) is 37.8 Å². The number of hydroxylamine groups is 2. The molecule has 0 spiro atoms. The lowest BCUT2D eigenvalue weighted by atomic mass is 9.83. The van der Waals surface area contributed by atoms with E-state index < -0.39 is 0 Å². The molecule has 3 fully saturated rings. The van der Waals surface area contributed by atoms with E-state index >= 15 is 0 Å². The molecule has 0 aromatic carbocycles. The summed E-state index contributed by atoms with van der Waals surface area (Å²) in [5, 5.41) is 21.5. The van der Waals surface area contributed by atoms with Gasteiger partial charge in [-0.2, -0.15) is 5.06 Å². The summed E-state index contributed by atoms with van der Waals surface area (Å²) in [4.78, 5) is 4.87. The predicted octanol–water partition coefficient (Wildman–Crippen LogP) is 0.475. The quantitative estimate of drug-likeness (QED) is 0.789. The molecular weight excluding hydrogens is 254 g/mol. The van der Waals surface area contributed by atoms with Crippen molar-refractivity contribution < 1.29 is 10.3 Å². The van der Waals surface area contributed by atoms with Crippen LogP contribution in [0, 0.1) is 11.8 Å². The van der Waals surface area contributed by atoms with Crippen LogP contribution in [0.4, 0.5) is 0 Å². The molecule has 0 aromatic rings. The van der Waals surface area contributed by atoms with Crippen LogP contribution in [0.1, 0.15) is 25.7 Å². The van der Waals surface area contributed by atoms with Crippen LogP contribution in [-0.2, 0) is 0 Å². The van der Waals surface area contributed by atoms with Gasteiger partial charge in [-0.25, -0.2) is 0 Å². The maximum Gasteiger partial charge on any atom is 0.0825 e. The smallest absolute Gasteiger partial charge is 0.0825 e. The molecule has 5 nitrogen and oxygen atoms in total. The molecule has 3 aliphatic rings. The maximum atomic E-state index is 10.2. The van der Waals surface area contributed by atoms with Crippen LogP contribution in [0.2, 0.25) is 0 Å². The van der Waals surface area contributed by atoms with E-state index in [0.717, 1.165) is 44.9 Å².